The molecule has 0 unspecified atom stereocenters. The molecule has 0 saturated carbocycles. The van der Waals surface area contributed by atoms with Crippen molar-refractivity contribution in [1.29, 1.82) is 0 Å². The van der Waals surface area contributed by atoms with Gasteiger partial charge in [-0.05, 0) is 35.2 Å². The number of hydrogen-bond acceptors (Lipinski definition) is 2. The maximum Gasteiger partial charge on any atom is 0.0363 e. The molecule has 2 N–H and O–H groups in total. The van der Waals surface area contributed by atoms with E-state index in [1.807, 2.05) is 6.07 Å². The van der Waals surface area contributed by atoms with Crippen LogP contribution in [0.1, 0.15) is 16.7 Å². The first-order chi connectivity index (χ1) is 9.24. The van der Waals surface area contributed by atoms with Gasteiger partial charge >= 0.3 is 0 Å². The van der Waals surface area contributed by atoms with Crippen LogP contribution in [0.4, 0.5) is 5.69 Å². The third kappa shape index (κ3) is 2.67. The maximum atomic E-state index is 6.12. The zero-order chi connectivity index (χ0) is 13.2. The monoisotopic (exact) mass is 316 g/mol. The molecule has 1 aliphatic rings. The van der Waals surface area contributed by atoms with E-state index < -0.39 is 0 Å². The van der Waals surface area contributed by atoms with Crippen LogP contribution >= 0.6 is 15.9 Å². The highest BCUT2D eigenvalue weighted by atomic mass is 79.9. The van der Waals surface area contributed by atoms with Crippen molar-refractivity contribution in [2.45, 2.75) is 19.5 Å². The van der Waals surface area contributed by atoms with E-state index in [1.54, 1.807) is 0 Å². The van der Waals surface area contributed by atoms with Crippen molar-refractivity contribution in [3.05, 3.63) is 63.6 Å². The molecule has 0 amide bonds. The number of nitrogen functional groups attached to an aromatic ring is 1. The van der Waals surface area contributed by atoms with Gasteiger partial charge in [-0.3, -0.25) is 4.90 Å². The van der Waals surface area contributed by atoms with Crippen LogP contribution in [-0.2, 0) is 19.5 Å². The lowest BCUT2D eigenvalue weighted by molar-refractivity contribution is 0.246. The highest BCUT2D eigenvalue weighted by Gasteiger charge is 2.20. The third-order valence-corrected chi connectivity index (χ3v) is 4.46. The molecule has 98 valence electrons. The Labute approximate surface area is 122 Å². The van der Waals surface area contributed by atoms with Crippen LogP contribution in [-0.4, -0.2) is 11.4 Å². The Morgan fingerprint density at radius 2 is 1.84 bits per heavy atom. The van der Waals surface area contributed by atoms with Crippen LogP contribution in [0.5, 0.6) is 0 Å². The zero-order valence-corrected chi connectivity index (χ0v) is 12.4. The SMILES string of the molecule is Nc1ccc(Br)c2c1CN(Cc1ccccc1)CC2. The van der Waals surface area contributed by atoms with Gasteiger partial charge in [-0.1, -0.05) is 46.3 Å². The van der Waals surface area contributed by atoms with Crippen LogP contribution in [0.3, 0.4) is 0 Å². The Bertz CT molecular complexity index is 581. The van der Waals surface area contributed by atoms with E-state index in [0.717, 1.165) is 31.7 Å². The summed E-state index contributed by atoms with van der Waals surface area (Å²) in [6, 6.07) is 14.7. The highest BCUT2D eigenvalue weighted by Crippen LogP contribution is 2.31. The minimum absolute atomic E-state index is 0.913. The molecule has 0 radical (unpaired) electrons. The molecule has 0 bridgehead atoms. The molecule has 0 saturated heterocycles. The fraction of sp³-hybridized carbons (Fsp3) is 0.250. The molecule has 1 heterocycles. The molecule has 0 aliphatic carbocycles. The number of anilines is 1. The summed E-state index contributed by atoms with van der Waals surface area (Å²) in [6.45, 7) is 3.02. The van der Waals surface area contributed by atoms with Gasteiger partial charge in [0.1, 0.15) is 0 Å². The second-order valence-electron chi connectivity index (χ2n) is 5.04. The van der Waals surface area contributed by atoms with Crippen molar-refractivity contribution in [2.75, 3.05) is 12.3 Å². The summed E-state index contributed by atoms with van der Waals surface area (Å²) in [7, 11) is 0. The van der Waals surface area contributed by atoms with Gasteiger partial charge in [0.2, 0.25) is 0 Å². The zero-order valence-electron chi connectivity index (χ0n) is 10.8. The Balaban J connectivity index is 1.81. The number of fused-ring (bicyclic) bond motifs is 1. The van der Waals surface area contributed by atoms with Crippen molar-refractivity contribution in [3.8, 4) is 0 Å². The summed E-state index contributed by atoms with van der Waals surface area (Å²) in [5.74, 6) is 0. The first-order valence-electron chi connectivity index (χ1n) is 6.56. The lowest BCUT2D eigenvalue weighted by atomic mass is 9.98. The molecule has 2 aromatic carbocycles. The molecule has 0 spiro atoms. The Morgan fingerprint density at radius 3 is 2.63 bits per heavy atom. The number of halogens is 1. The second-order valence-corrected chi connectivity index (χ2v) is 5.89. The lowest BCUT2D eigenvalue weighted by Crippen LogP contribution is -2.30. The third-order valence-electron chi connectivity index (χ3n) is 3.72. The van der Waals surface area contributed by atoms with E-state index in [4.69, 9.17) is 5.73 Å². The standard InChI is InChI=1S/C16H17BrN2/c17-15-6-7-16(18)14-11-19(9-8-13(14)15)10-12-4-2-1-3-5-12/h1-7H,8-11,18H2. The summed E-state index contributed by atoms with van der Waals surface area (Å²) >= 11 is 3.63. The number of benzene rings is 2. The number of hydrogen-bond donors (Lipinski definition) is 1. The molecule has 2 aromatic rings. The first-order valence-corrected chi connectivity index (χ1v) is 7.35. The van der Waals surface area contributed by atoms with E-state index in [9.17, 15) is 0 Å². The van der Waals surface area contributed by atoms with Crippen molar-refractivity contribution >= 4 is 21.6 Å². The summed E-state index contributed by atoms with van der Waals surface area (Å²) in [5.41, 5.74) is 11.1. The molecule has 3 heteroatoms. The average Bonchev–Trinajstić information content (AvgIpc) is 2.44. The van der Waals surface area contributed by atoms with Crippen molar-refractivity contribution in [1.82, 2.24) is 4.90 Å². The predicted octanol–water partition coefficient (Wildman–Crippen LogP) is 3.59. The van der Waals surface area contributed by atoms with Crippen LogP contribution in [0, 0.1) is 0 Å². The van der Waals surface area contributed by atoms with Gasteiger partial charge in [0.25, 0.3) is 0 Å². The molecule has 3 rings (SSSR count). The molecule has 19 heavy (non-hydrogen) atoms. The average molecular weight is 317 g/mol. The van der Waals surface area contributed by atoms with Gasteiger partial charge in [-0.25, -0.2) is 0 Å². The van der Waals surface area contributed by atoms with Gasteiger partial charge in [0.05, 0.1) is 0 Å². The van der Waals surface area contributed by atoms with E-state index in [-0.39, 0.29) is 0 Å². The lowest BCUT2D eigenvalue weighted by Gasteiger charge is -2.30. The van der Waals surface area contributed by atoms with Crippen LogP contribution in [0.15, 0.2) is 46.9 Å². The van der Waals surface area contributed by atoms with Gasteiger partial charge in [0, 0.05) is 29.8 Å². The van der Waals surface area contributed by atoms with E-state index in [1.165, 1.54) is 21.2 Å². The minimum Gasteiger partial charge on any atom is -0.398 e. The molecule has 2 nitrogen and oxygen atoms in total. The Hall–Kier alpha value is -1.32. The van der Waals surface area contributed by atoms with Crippen molar-refractivity contribution in [3.63, 3.8) is 0 Å². The van der Waals surface area contributed by atoms with Crippen LogP contribution in [0.25, 0.3) is 0 Å². The normalized spacial score (nSPS) is 15.2. The summed E-state index contributed by atoms with van der Waals surface area (Å²) in [4.78, 5) is 2.46. The van der Waals surface area contributed by atoms with Crippen molar-refractivity contribution < 1.29 is 0 Å². The quantitative estimate of drug-likeness (QED) is 0.858. The van der Waals surface area contributed by atoms with Crippen LogP contribution < -0.4 is 5.73 Å². The predicted molar refractivity (Wildman–Crippen MR) is 82.8 cm³/mol. The Kier molecular flexibility index (Phi) is 3.58. The molecule has 0 atom stereocenters. The smallest absolute Gasteiger partial charge is 0.0363 e. The van der Waals surface area contributed by atoms with E-state index >= 15 is 0 Å². The van der Waals surface area contributed by atoms with Gasteiger partial charge < -0.3 is 5.73 Å². The Morgan fingerprint density at radius 1 is 1.05 bits per heavy atom. The van der Waals surface area contributed by atoms with Gasteiger partial charge in [-0.2, -0.15) is 0 Å². The second kappa shape index (κ2) is 5.35. The first kappa shape index (κ1) is 12.7. The minimum atomic E-state index is 0.913. The molecular weight excluding hydrogens is 300 g/mol. The number of nitrogens with two attached hydrogens (primary N) is 1. The van der Waals surface area contributed by atoms with Crippen molar-refractivity contribution in [2.24, 2.45) is 0 Å². The fourth-order valence-corrected chi connectivity index (χ4v) is 3.26. The molecule has 1 aliphatic heterocycles. The van der Waals surface area contributed by atoms with Crippen LogP contribution in [0.2, 0.25) is 0 Å². The summed E-state index contributed by atoms with van der Waals surface area (Å²) < 4.78 is 1.19. The van der Waals surface area contributed by atoms with Gasteiger partial charge in [-0.15, -0.1) is 0 Å². The number of rotatable bonds is 2. The molecular formula is C16H17BrN2. The maximum absolute atomic E-state index is 6.12. The summed E-state index contributed by atoms with van der Waals surface area (Å²) in [6.07, 6.45) is 1.06. The summed E-state index contributed by atoms with van der Waals surface area (Å²) in [5, 5.41) is 0. The molecule has 0 fully saturated rings. The topological polar surface area (TPSA) is 29.3 Å². The van der Waals surface area contributed by atoms with Gasteiger partial charge in [0.15, 0.2) is 0 Å². The highest BCUT2D eigenvalue weighted by molar-refractivity contribution is 9.10. The number of nitrogens with zero attached hydrogens (tertiary/aromatic N) is 1. The fourth-order valence-electron chi connectivity index (χ4n) is 2.69. The van der Waals surface area contributed by atoms with E-state index in [0.29, 0.717) is 0 Å². The largest absolute Gasteiger partial charge is 0.398 e. The van der Waals surface area contributed by atoms with E-state index in [2.05, 4.69) is 57.2 Å². The molecule has 0 aromatic heterocycles.